The summed E-state index contributed by atoms with van der Waals surface area (Å²) in [5, 5.41) is 6.06. The summed E-state index contributed by atoms with van der Waals surface area (Å²) in [7, 11) is -3.55. The highest BCUT2D eigenvalue weighted by atomic mass is 32.2. The predicted molar refractivity (Wildman–Crippen MR) is 114 cm³/mol. The highest BCUT2D eigenvalue weighted by Gasteiger charge is 2.17. The quantitative estimate of drug-likeness (QED) is 0.623. The summed E-state index contributed by atoms with van der Waals surface area (Å²) in [5.41, 5.74) is 2.62. The van der Waals surface area contributed by atoms with Crippen LogP contribution >= 0.6 is 0 Å². The van der Waals surface area contributed by atoms with Gasteiger partial charge in [0.05, 0.1) is 4.90 Å². The van der Waals surface area contributed by atoms with Crippen LogP contribution in [-0.4, -0.2) is 26.4 Å². The van der Waals surface area contributed by atoms with Gasteiger partial charge in [-0.25, -0.2) is 13.1 Å². The van der Waals surface area contributed by atoms with Crippen LogP contribution in [0, 0.1) is 0 Å². The SMILES string of the molecule is CC(C)NS(=O)(=O)c1ccc(NC(=O)[C@@H](C)Nc2ccccc2C(C)C)cc1. The van der Waals surface area contributed by atoms with E-state index in [1.165, 1.54) is 12.1 Å². The largest absolute Gasteiger partial charge is 0.374 e. The number of para-hydroxylation sites is 1. The Morgan fingerprint density at radius 3 is 2.07 bits per heavy atom. The van der Waals surface area contributed by atoms with Crippen molar-refractivity contribution in [3.63, 3.8) is 0 Å². The van der Waals surface area contributed by atoms with Gasteiger partial charge >= 0.3 is 0 Å². The average molecular weight is 404 g/mol. The molecule has 0 heterocycles. The molecule has 1 amide bonds. The van der Waals surface area contributed by atoms with Crippen LogP contribution in [0.5, 0.6) is 0 Å². The van der Waals surface area contributed by atoms with Gasteiger partial charge in [0.2, 0.25) is 15.9 Å². The van der Waals surface area contributed by atoms with Crippen molar-refractivity contribution in [2.45, 2.75) is 57.5 Å². The van der Waals surface area contributed by atoms with Crippen LogP contribution in [0.1, 0.15) is 46.1 Å². The maximum absolute atomic E-state index is 12.5. The highest BCUT2D eigenvalue weighted by Crippen LogP contribution is 2.24. The lowest BCUT2D eigenvalue weighted by Gasteiger charge is -2.19. The van der Waals surface area contributed by atoms with Gasteiger partial charge in [0.25, 0.3) is 0 Å². The first-order valence-corrected chi connectivity index (χ1v) is 10.9. The second-order valence-corrected chi connectivity index (χ2v) is 9.11. The van der Waals surface area contributed by atoms with Crippen LogP contribution in [0.2, 0.25) is 0 Å². The van der Waals surface area contributed by atoms with Crippen LogP contribution in [0.3, 0.4) is 0 Å². The maximum atomic E-state index is 12.5. The Morgan fingerprint density at radius 2 is 1.50 bits per heavy atom. The molecule has 7 heteroatoms. The van der Waals surface area contributed by atoms with E-state index in [9.17, 15) is 13.2 Å². The number of amides is 1. The summed E-state index contributed by atoms with van der Waals surface area (Å²) in [6.07, 6.45) is 0. The normalized spacial score (nSPS) is 12.8. The number of anilines is 2. The summed E-state index contributed by atoms with van der Waals surface area (Å²) < 4.78 is 26.9. The topological polar surface area (TPSA) is 87.3 Å². The van der Waals surface area contributed by atoms with Crippen LogP contribution in [0.25, 0.3) is 0 Å². The van der Waals surface area contributed by atoms with E-state index in [-0.39, 0.29) is 16.8 Å². The van der Waals surface area contributed by atoms with Gasteiger partial charge in [-0.2, -0.15) is 0 Å². The molecule has 3 N–H and O–H groups in total. The molecule has 0 saturated carbocycles. The third-order valence-electron chi connectivity index (χ3n) is 4.17. The molecule has 0 saturated heterocycles. The van der Waals surface area contributed by atoms with Gasteiger partial charge < -0.3 is 10.6 Å². The van der Waals surface area contributed by atoms with Crippen molar-refractivity contribution in [1.29, 1.82) is 0 Å². The monoisotopic (exact) mass is 403 g/mol. The summed E-state index contributed by atoms with van der Waals surface area (Å²) in [5.74, 6) is 0.141. The number of carbonyl (C=O) groups is 1. The molecule has 28 heavy (non-hydrogen) atoms. The van der Waals surface area contributed by atoms with E-state index in [0.717, 1.165) is 11.3 Å². The Hall–Kier alpha value is -2.38. The van der Waals surface area contributed by atoms with E-state index in [1.54, 1.807) is 32.9 Å². The Labute approximate surface area is 167 Å². The van der Waals surface area contributed by atoms with E-state index in [2.05, 4.69) is 29.2 Å². The molecule has 0 bridgehead atoms. The molecule has 2 aromatic carbocycles. The fourth-order valence-electron chi connectivity index (χ4n) is 2.78. The number of benzene rings is 2. The molecule has 0 aromatic heterocycles. The Balaban J connectivity index is 2.05. The van der Waals surface area contributed by atoms with Crippen LogP contribution in [0.15, 0.2) is 53.4 Å². The fourth-order valence-corrected chi connectivity index (χ4v) is 4.03. The van der Waals surface area contributed by atoms with Crippen LogP contribution < -0.4 is 15.4 Å². The summed E-state index contributed by atoms with van der Waals surface area (Å²) in [6, 6.07) is 13.4. The first-order chi connectivity index (χ1) is 13.1. The van der Waals surface area contributed by atoms with Crippen molar-refractivity contribution in [2.24, 2.45) is 0 Å². The number of hydrogen-bond acceptors (Lipinski definition) is 4. The molecule has 0 aliphatic carbocycles. The van der Waals surface area contributed by atoms with Gasteiger partial charge in [-0.15, -0.1) is 0 Å². The average Bonchev–Trinajstić information content (AvgIpc) is 2.61. The van der Waals surface area contributed by atoms with Crippen LogP contribution in [-0.2, 0) is 14.8 Å². The third-order valence-corrected chi connectivity index (χ3v) is 5.85. The molecule has 0 spiro atoms. The Kier molecular flexibility index (Phi) is 7.21. The highest BCUT2D eigenvalue weighted by molar-refractivity contribution is 7.89. The van der Waals surface area contributed by atoms with Gasteiger partial charge in [0.15, 0.2) is 0 Å². The minimum atomic E-state index is -3.55. The van der Waals surface area contributed by atoms with Crippen molar-refractivity contribution in [3.05, 3.63) is 54.1 Å². The van der Waals surface area contributed by atoms with Gasteiger partial charge in [0.1, 0.15) is 6.04 Å². The molecule has 1 atom stereocenters. The van der Waals surface area contributed by atoms with Gasteiger partial charge in [0, 0.05) is 17.4 Å². The minimum absolute atomic E-state index is 0.163. The Bertz CT molecular complexity index is 907. The maximum Gasteiger partial charge on any atom is 0.246 e. The minimum Gasteiger partial charge on any atom is -0.374 e. The summed E-state index contributed by atoms with van der Waals surface area (Å²) in [6.45, 7) is 9.53. The van der Waals surface area contributed by atoms with E-state index in [0.29, 0.717) is 11.6 Å². The number of nitrogens with one attached hydrogen (secondary N) is 3. The first-order valence-electron chi connectivity index (χ1n) is 9.39. The zero-order chi connectivity index (χ0) is 20.9. The second-order valence-electron chi connectivity index (χ2n) is 7.40. The molecule has 6 nitrogen and oxygen atoms in total. The summed E-state index contributed by atoms with van der Waals surface area (Å²) in [4.78, 5) is 12.7. The van der Waals surface area contributed by atoms with E-state index >= 15 is 0 Å². The lowest BCUT2D eigenvalue weighted by molar-refractivity contribution is -0.116. The first kappa shape index (κ1) is 21.9. The number of carbonyl (C=O) groups excluding carboxylic acids is 1. The van der Waals surface area contributed by atoms with E-state index < -0.39 is 16.1 Å². The lowest BCUT2D eigenvalue weighted by atomic mass is 10.0. The molecule has 0 radical (unpaired) electrons. The van der Waals surface area contributed by atoms with Crippen molar-refractivity contribution in [3.8, 4) is 0 Å². The molecule has 0 aliphatic rings. The molecule has 2 aromatic rings. The molecule has 0 unspecified atom stereocenters. The zero-order valence-corrected chi connectivity index (χ0v) is 17.8. The smallest absolute Gasteiger partial charge is 0.246 e. The van der Waals surface area contributed by atoms with E-state index in [1.807, 2.05) is 24.3 Å². The fraction of sp³-hybridized carbons (Fsp3) is 0.381. The molecular formula is C21H29N3O3S. The van der Waals surface area contributed by atoms with Crippen molar-refractivity contribution >= 4 is 27.3 Å². The molecule has 2 rings (SSSR count). The molecular weight excluding hydrogens is 374 g/mol. The van der Waals surface area contributed by atoms with Crippen molar-refractivity contribution in [1.82, 2.24) is 4.72 Å². The van der Waals surface area contributed by atoms with Crippen molar-refractivity contribution in [2.75, 3.05) is 10.6 Å². The van der Waals surface area contributed by atoms with Crippen molar-refractivity contribution < 1.29 is 13.2 Å². The number of sulfonamides is 1. The lowest BCUT2D eigenvalue weighted by Crippen LogP contribution is -2.32. The van der Waals surface area contributed by atoms with Crippen LogP contribution in [0.4, 0.5) is 11.4 Å². The standard InChI is InChI=1S/C21H29N3O3S/c1-14(2)19-8-6-7-9-20(19)22-16(5)21(25)23-17-10-12-18(13-11-17)28(26,27)24-15(3)4/h6-16,22,24H,1-5H3,(H,23,25)/t16-/m1/s1. The molecule has 0 aliphatic heterocycles. The number of rotatable bonds is 8. The molecule has 0 fully saturated rings. The van der Waals surface area contributed by atoms with Gasteiger partial charge in [-0.05, 0) is 62.6 Å². The predicted octanol–water partition coefficient (Wildman–Crippen LogP) is 3.94. The summed E-state index contributed by atoms with van der Waals surface area (Å²) >= 11 is 0. The third kappa shape index (κ3) is 5.81. The Morgan fingerprint density at radius 1 is 0.893 bits per heavy atom. The van der Waals surface area contributed by atoms with E-state index in [4.69, 9.17) is 0 Å². The zero-order valence-electron chi connectivity index (χ0n) is 17.0. The molecule has 152 valence electrons. The van der Waals surface area contributed by atoms with Gasteiger partial charge in [-0.1, -0.05) is 32.0 Å². The second kappa shape index (κ2) is 9.21. The van der Waals surface area contributed by atoms with Gasteiger partial charge in [-0.3, -0.25) is 4.79 Å². The number of hydrogen-bond donors (Lipinski definition) is 3.